The largest absolute Gasteiger partial charge is 0.382 e. The zero-order chi connectivity index (χ0) is 12.5. The molecule has 0 aliphatic carbocycles. The van der Waals surface area contributed by atoms with Gasteiger partial charge in [0, 0.05) is 25.8 Å². The van der Waals surface area contributed by atoms with Gasteiger partial charge in [0.1, 0.15) is 11.5 Å². The highest BCUT2D eigenvalue weighted by atomic mass is 16.5. The molecule has 5 heteroatoms. The molecule has 0 amide bonds. The number of hydrogen-bond acceptors (Lipinski definition) is 4. The van der Waals surface area contributed by atoms with Gasteiger partial charge in [-0.2, -0.15) is 0 Å². The van der Waals surface area contributed by atoms with Gasteiger partial charge >= 0.3 is 0 Å². The first-order chi connectivity index (χ1) is 8.72. The number of nitrogens with one attached hydrogen (secondary N) is 1. The highest BCUT2D eigenvalue weighted by Gasteiger charge is 2.33. The summed E-state index contributed by atoms with van der Waals surface area (Å²) in [5, 5.41) is 7.56. The van der Waals surface area contributed by atoms with Gasteiger partial charge in [0.15, 0.2) is 0 Å². The van der Waals surface area contributed by atoms with Crippen LogP contribution >= 0.6 is 0 Å². The molecule has 3 N–H and O–H groups in total. The number of nitrogens with two attached hydrogens (primary N) is 1. The molecule has 0 aromatic carbocycles. The van der Waals surface area contributed by atoms with Gasteiger partial charge in [0.05, 0.1) is 12.2 Å². The number of likely N-dealkylation sites (tertiary alicyclic amines) is 1. The summed E-state index contributed by atoms with van der Waals surface area (Å²) < 4.78 is 5.82. The molecule has 18 heavy (non-hydrogen) atoms. The molecule has 3 rings (SSSR count). The molecule has 2 aliphatic rings. The summed E-state index contributed by atoms with van der Waals surface area (Å²) in [4.78, 5) is 6.57. The van der Waals surface area contributed by atoms with Crippen LogP contribution in [-0.2, 0) is 11.3 Å². The topological polar surface area (TPSA) is 75.2 Å². The van der Waals surface area contributed by atoms with E-state index in [2.05, 4.69) is 9.88 Å². The highest BCUT2D eigenvalue weighted by Crippen LogP contribution is 2.27. The van der Waals surface area contributed by atoms with Crippen molar-refractivity contribution < 1.29 is 4.74 Å². The third-order valence-electron chi connectivity index (χ3n) is 3.66. The van der Waals surface area contributed by atoms with Crippen LogP contribution < -0.4 is 5.73 Å². The van der Waals surface area contributed by atoms with Gasteiger partial charge in [-0.25, -0.2) is 0 Å². The van der Waals surface area contributed by atoms with Crippen LogP contribution in [0.5, 0.6) is 0 Å². The predicted molar refractivity (Wildman–Crippen MR) is 68.4 cm³/mol. The summed E-state index contributed by atoms with van der Waals surface area (Å²) in [5.74, 6) is 0.0434. The Morgan fingerprint density at radius 3 is 2.83 bits per heavy atom. The van der Waals surface area contributed by atoms with Gasteiger partial charge < -0.3 is 10.5 Å². The number of ether oxygens (including phenoxy) is 1. The number of rotatable bonds is 3. The zero-order valence-electron chi connectivity index (χ0n) is 10.3. The van der Waals surface area contributed by atoms with Crippen LogP contribution in [0.4, 0.5) is 0 Å². The molecule has 0 radical (unpaired) electrons. The van der Waals surface area contributed by atoms with E-state index >= 15 is 0 Å². The van der Waals surface area contributed by atoms with E-state index in [-0.39, 0.29) is 5.84 Å². The highest BCUT2D eigenvalue weighted by molar-refractivity contribution is 5.94. The van der Waals surface area contributed by atoms with Crippen molar-refractivity contribution >= 4 is 5.84 Å². The summed E-state index contributed by atoms with van der Waals surface area (Å²) in [6.07, 6.45) is 4.81. The Bertz CT molecular complexity index is 450. The van der Waals surface area contributed by atoms with E-state index in [0.717, 1.165) is 25.2 Å². The Labute approximate surface area is 106 Å². The lowest BCUT2D eigenvalue weighted by Gasteiger charge is -2.32. The number of nitrogens with zero attached hydrogens (tertiary/aromatic N) is 2. The van der Waals surface area contributed by atoms with Crippen LogP contribution in [-0.4, -0.2) is 41.0 Å². The summed E-state index contributed by atoms with van der Waals surface area (Å²) in [6, 6.07) is 3.90. The summed E-state index contributed by atoms with van der Waals surface area (Å²) in [7, 11) is 0. The molecule has 0 saturated carbocycles. The fourth-order valence-corrected chi connectivity index (χ4v) is 2.88. The first kappa shape index (κ1) is 11.6. The molecule has 1 aromatic heterocycles. The summed E-state index contributed by atoms with van der Waals surface area (Å²) in [6.45, 7) is 2.75. The first-order valence-electron chi connectivity index (χ1n) is 6.38. The second-order valence-corrected chi connectivity index (χ2v) is 5.08. The maximum atomic E-state index is 7.56. The van der Waals surface area contributed by atoms with E-state index in [0.29, 0.717) is 17.9 Å². The van der Waals surface area contributed by atoms with Gasteiger partial charge in [-0.05, 0) is 24.5 Å². The van der Waals surface area contributed by atoms with Crippen molar-refractivity contribution in [2.24, 2.45) is 5.73 Å². The van der Waals surface area contributed by atoms with Gasteiger partial charge in [0.25, 0.3) is 0 Å². The molecule has 3 heterocycles. The molecular weight excluding hydrogens is 228 g/mol. The van der Waals surface area contributed by atoms with E-state index in [4.69, 9.17) is 15.9 Å². The zero-order valence-corrected chi connectivity index (χ0v) is 10.3. The summed E-state index contributed by atoms with van der Waals surface area (Å²) in [5.41, 5.74) is 7.21. The first-order valence-corrected chi connectivity index (χ1v) is 6.38. The molecule has 2 unspecified atom stereocenters. The molecule has 5 nitrogen and oxygen atoms in total. The number of hydrogen-bond donors (Lipinski definition) is 2. The van der Waals surface area contributed by atoms with E-state index < -0.39 is 0 Å². The van der Waals surface area contributed by atoms with E-state index in [1.54, 1.807) is 6.20 Å². The van der Waals surface area contributed by atoms with Gasteiger partial charge in [-0.3, -0.25) is 15.3 Å². The van der Waals surface area contributed by atoms with Crippen LogP contribution in [0.1, 0.15) is 24.1 Å². The molecular formula is C13H18N4O. The van der Waals surface area contributed by atoms with Crippen molar-refractivity contribution in [3.8, 4) is 0 Å². The second kappa shape index (κ2) is 4.66. The minimum absolute atomic E-state index is 0.0434. The third-order valence-corrected chi connectivity index (χ3v) is 3.66. The number of nitrogen functional groups attached to an aromatic ring is 1. The minimum Gasteiger partial charge on any atom is -0.382 e. The smallest absolute Gasteiger partial charge is 0.142 e. The average Bonchev–Trinajstić information content (AvgIpc) is 2.69. The van der Waals surface area contributed by atoms with Crippen molar-refractivity contribution in [3.63, 3.8) is 0 Å². The second-order valence-electron chi connectivity index (χ2n) is 5.08. The average molecular weight is 246 g/mol. The third kappa shape index (κ3) is 2.23. The fraction of sp³-hybridized carbons (Fsp3) is 0.538. The lowest BCUT2D eigenvalue weighted by atomic mass is 10.1. The maximum absolute atomic E-state index is 7.56. The molecule has 1 aromatic rings. The Morgan fingerprint density at radius 2 is 2.17 bits per heavy atom. The van der Waals surface area contributed by atoms with Gasteiger partial charge in [0.2, 0.25) is 0 Å². The predicted octanol–water partition coefficient (Wildman–Crippen LogP) is 0.729. The van der Waals surface area contributed by atoms with Crippen molar-refractivity contribution in [2.75, 3.05) is 13.1 Å². The van der Waals surface area contributed by atoms with E-state index in [1.807, 2.05) is 12.1 Å². The Balaban J connectivity index is 1.75. The van der Waals surface area contributed by atoms with Crippen molar-refractivity contribution in [2.45, 2.75) is 31.6 Å². The number of morpholine rings is 1. The van der Waals surface area contributed by atoms with Crippen molar-refractivity contribution in [3.05, 3.63) is 29.6 Å². The molecule has 2 bridgehead atoms. The summed E-state index contributed by atoms with van der Waals surface area (Å²) >= 11 is 0. The van der Waals surface area contributed by atoms with Crippen LogP contribution in [0.2, 0.25) is 0 Å². The number of amidine groups is 1. The van der Waals surface area contributed by atoms with Crippen molar-refractivity contribution in [1.82, 2.24) is 9.88 Å². The molecule has 2 atom stereocenters. The number of aromatic nitrogens is 1. The van der Waals surface area contributed by atoms with E-state index in [1.165, 1.54) is 12.8 Å². The van der Waals surface area contributed by atoms with E-state index in [9.17, 15) is 0 Å². The maximum Gasteiger partial charge on any atom is 0.142 e. The Morgan fingerprint density at radius 1 is 1.44 bits per heavy atom. The normalized spacial score (nSPS) is 27.3. The van der Waals surface area contributed by atoms with Gasteiger partial charge in [-0.15, -0.1) is 0 Å². The minimum atomic E-state index is 0.0434. The lowest BCUT2D eigenvalue weighted by molar-refractivity contribution is -0.0410. The molecule has 0 spiro atoms. The molecule has 2 aliphatic heterocycles. The molecule has 2 fully saturated rings. The standard InChI is InChI=1S/C13H18N4O/c14-13(15)12-9(2-1-5-16-12)6-17-7-10-3-4-11(8-17)18-10/h1-2,5,10-11H,3-4,6-8H2,(H3,14,15). The Kier molecular flexibility index (Phi) is 3.01. The van der Waals surface area contributed by atoms with Crippen LogP contribution in [0, 0.1) is 5.41 Å². The number of fused-ring (bicyclic) bond motifs is 2. The number of pyridine rings is 1. The van der Waals surface area contributed by atoms with Crippen LogP contribution in [0.25, 0.3) is 0 Å². The van der Waals surface area contributed by atoms with Crippen LogP contribution in [0.15, 0.2) is 18.3 Å². The molecule has 96 valence electrons. The fourth-order valence-electron chi connectivity index (χ4n) is 2.88. The van der Waals surface area contributed by atoms with Crippen molar-refractivity contribution in [1.29, 1.82) is 5.41 Å². The molecule has 2 saturated heterocycles. The van der Waals surface area contributed by atoms with Crippen LogP contribution in [0.3, 0.4) is 0 Å². The van der Waals surface area contributed by atoms with Gasteiger partial charge in [-0.1, -0.05) is 6.07 Å². The SMILES string of the molecule is N=C(N)c1ncccc1CN1CC2CCC(C1)O2. The quantitative estimate of drug-likeness (QED) is 0.609. The Hall–Kier alpha value is -1.46. The monoisotopic (exact) mass is 246 g/mol. The lowest BCUT2D eigenvalue weighted by Crippen LogP contribution is -2.42.